The predicted octanol–water partition coefficient (Wildman–Crippen LogP) is 1.92. The van der Waals surface area contributed by atoms with E-state index >= 15 is 0 Å². The fraction of sp³-hybridized carbons (Fsp3) is 0.917. The lowest BCUT2D eigenvalue weighted by molar-refractivity contribution is 0.195. The van der Waals surface area contributed by atoms with Gasteiger partial charge >= 0.3 is 0 Å². The Morgan fingerprint density at radius 2 is 2.06 bits per heavy atom. The Morgan fingerprint density at radius 1 is 1.38 bits per heavy atom. The molecule has 3 nitrogen and oxygen atoms in total. The van der Waals surface area contributed by atoms with Crippen LogP contribution in [0.1, 0.15) is 33.1 Å². The highest BCUT2D eigenvalue weighted by Gasteiger charge is 2.44. The van der Waals surface area contributed by atoms with Gasteiger partial charge in [-0.15, -0.1) is 0 Å². The van der Waals surface area contributed by atoms with Crippen LogP contribution in [-0.4, -0.2) is 31.9 Å². The molecule has 4 heteroatoms. The van der Waals surface area contributed by atoms with Crippen molar-refractivity contribution < 1.29 is 4.74 Å². The molecule has 1 aliphatic carbocycles. The summed E-state index contributed by atoms with van der Waals surface area (Å²) in [6.45, 7) is 7.27. The minimum atomic E-state index is 0.512. The van der Waals surface area contributed by atoms with Crippen LogP contribution in [0, 0.1) is 11.3 Å². The van der Waals surface area contributed by atoms with Gasteiger partial charge in [0.1, 0.15) is 0 Å². The minimum Gasteiger partial charge on any atom is -0.385 e. The van der Waals surface area contributed by atoms with Crippen LogP contribution >= 0.6 is 12.2 Å². The van der Waals surface area contributed by atoms with Gasteiger partial charge in [0.05, 0.1) is 0 Å². The molecule has 1 fully saturated rings. The fourth-order valence-corrected chi connectivity index (χ4v) is 2.03. The van der Waals surface area contributed by atoms with Crippen molar-refractivity contribution in [3.63, 3.8) is 0 Å². The fourth-order valence-electron chi connectivity index (χ4n) is 1.86. The molecule has 94 valence electrons. The number of hydrogen-bond acceptors (Lipinski definition) is 2. The molecular formula is C12H24N2OS. The number of nitrogens with one attached hydrogen (secondary N) is 2. The van der Waals surface area contributed by atoms with Crippen molar-refractivity contribution in [1.29, 1.82) is 0 Å². The van der Waals surface area contributed by atoms with Crippen molar-refractivity contribution in [1.82, 2.24) is 10.6 Å². The highest BCUT2D eigenvalue weighted by atomic mass is 32.1. The zero-order valence-corrected chi connectivity index (χ0v) is 11.5. The van der Waals surface area contributed by atoms with Crippen molar-refractivity contribution in [2.45, 2.75) is 33.1 Å². The molecule has 1 saturated carbocycles. The van der Waals surface area contributed by atoms with Gasteiger partial charge in [-0.2, -0.15) is 0 Å². The second-order valence-corrected chi connectivity index (χ2v) is 5.38. The highest BCUT2D eigenvalue weighted by molar-refractivity contribution is 7.80. The highest BCUT2D eigenvalue weighted by Crippen LogP contribution is 2.51. The van der Waals surface area contributed by atoms with Crippen LogP contribution in [0.5, 0.6) is 0 Å². The third-order valence-electron chi connectivity index (χ3n) is 3.53. The number of thiocarbonyl (C=S) groups is 1. The lowest BCUT2D eigenvalue weighted by Gasteiger charge is -2.21. The number of ether oxygens (including phenoxy) is 1. The maximum Gasteiger partial charge on any atom is 0.166 e. The molecule has 1 aliphatic rings. The second-order valence-electron chi connectivity index (χ2n) is 4.97. The van der Waals surface area contributed by atoms with Gasteiger partial charge in [-0.05, 0) is 42.8 Å². The van der Waals surface area contributed by atoms with Crippen LogP contribution < -0.4 is 10.6 Å². The molecule has 0 aromatic rings. The lowest BCUT2D eigenvalue weighted by Crippen LogP contribution is -2.40. The molecule has 0 aliphatic heterocycles. The van der Waals surface area contributed by atoms with E-state index in [4.69, 9.17) is 17.0 Å². The van der Waals surface area contributed by atoms with Gasteiger partial charge in [-0.3, -0.25) is 0 Å². The van der Waals surface area contributed by atoms with Gasteiger partial charge in [0.25, 0.3) is 0 Å². The molecule has 1 rings (SSSR count). The molecule has 0 spiro atoms. The Bertz CT molecular complexity index is 227. The quantitative estimate of drug-likeness (QED) is 0.529. The van der Waals surface area contributed by atoms with Crippen molar-refractivity contribution in [2.75, 3.05) is 26.8 Å². The largest absolute Gasteiger partial charge is 0.385 e. The van der Waals surface area contributed by atoms with Gasteiger partial charge in [0.2, 0.25) is 0 Å². The van der Waals surface area contributed by atoms with E-state index in [9.17, 15) is 0 Å². The average molecular weight is 244 g/mol. The molecule has 16 heavy (non-hydrogen) atoms. The zero-order valence-electron chi connectivity index (χ0n) is 10.6. The van der Waals surface area contributed by atoms with Gasteiger partial charge in [0.15, 0.2) is 5.11 Å². The molecule has 0 saturated heterocycles. The molecule has 0 amide bonds. The first-order chi connectivity index (χ1) is 7.60. The Balaban J connectivity index is 2.06. The maximum absolute atomic E-state index is 5.22. The Kier molecular flexibility index (Phi) is 5.49. The number of methoxy groups -OCH3 is 1. The monoisotopic (exact) mass is 244 g/mol. The van der Waals surface area contributed by atoms with E-state index in [-0.39, 0.29) is 0 Å². The Hall–Kier alpha value is -0.350. The first-order valence-corrected chi connectivity index (χ1v) is 6.52. The molecule has 0 atom stereocenters. The first-order valence-electron chi connectivity index (χ1n) is 6.11. The predicted molar refractivity (Wildman–Crippen MR) is 71.6 cm³/mol. The molecule has 0 radical (unpaired) electrons. The van der Waals surface area contributed by atoms with Crippen molar-refractivity contribution in [3.05, 3.63) is 0 Å². The van der Waals surface area contributed by atoms with E-state index < -0.39 is 0 Å². The van der Waals surface area contributed by atoms with Crippen molar-refractivity contribution in [2.24, 2.45) is 11.3 Å². The molecule has 0 heterocycles. The summed E-state index contributed by atoms with van der Waals surface area (Å²) in [6.07, 6.45) is 3.67. The number of rotatable bonds is 7. The summed E-state index contributed by atoms with van der Waals surface area (Å²) in [6, 6.07) is 0. The second kappa shape index (κ2) is 6.40. The van der Waals surface area contributed by atoms with Crippen LogP contribution in [0.15, 0.2) is 0 Å². The van der Waals surface area contributed by atoms with Gasteiger partial charge < -0.3 is 15.4 Å². The van der Waals surface area contributed by atoms with Crippen LogP contribution in [0.25, 0.3) is 0 Å². The summed E-state index contributed by atoms with van der Waals surface area (Å²) in [5, 5.41) is 7.30. The minimum absolute atomic E-state index is 0.512. The smallest absolute Gasteiger partial charge is 0.166 e. The van der Waals surface area contributed by atoms with Gasteiger partial charge in [-0.25, -0.2) is 0 Å². The summed E-state index contributed by atoms with van der Waals surface area (Å²) in [4.78, 5) is 0. The first kappa shape index (κ1) is 13.7. The SMILES string of the molecule is COCCCNC(=S)NCC1(C(C)C)CC1. The summed E-state index contributed by atoms with van der Waals surface area (Å²) >= 11 is 5.22. The van der Waals surface area contributed by atoms with Crippen LogP contribution in [-0.2, 0) is 4.74 Å². The van der Waals surface area contributed by atoms with E-state index in [2.05, 4.69) is 24.5 Å². The summed E-state index contributed by atoms with van der Waals surface area (Å²) in [5.74, 6) is 0.747. The Labute approximate surface area is 104 Å². The van der Waals surface area contributed by atoms with E-state index in [0.29, 0.717) is 5.41 Å². The molecular weight excluding hydrogens is 220 g/mol. The lowest BCUT2D eigenvalue weighted by atomic mass is 9.92. The normalized spacial score (nSPS) is 17.2. The molecule has 2 N–H and O–H groups in total. The molecule has 0 unspecified atom stereocenters. The van der Waals surface area contributed by atoms with Crippen molar-refractivity contribution in [3.8, 4) is 0 Å². The van der Waals surface area contributed by atoms with E-state index in [1.54, 1.807) is 7.11 Å². The molecule has 0 aromatic carbocycles. The van der Waals surface area contributed by atoms with Gasteiger partial charge in [0, 0.05) is 26.8 Å². The topological polar surface area (TPSA) is 33.3 Å². The molecule has 0 aromatic heterocycles. The Morgan fingerprint density at radius 3 is 2.56 bits per heavy atom. The van der Waals surface area contributed by atoms with Crippen LogP contribution in [0.3, 0.4) is 0 Å². The van der Waals surface area contributed by atoms with Crippen LogP contribution in [0.4, 0.5) is 0 Å². The molecule has 0 bridgehead atoms. The van der Waals surface area contributed by atoms with Crippen molar-refractivity contribution >= 4 is 17.3 Å². The summed E-state index contributed by atoms with van der Waals surface area (Å²) < 4.78 is 4.98. The summed E-state index contributed by atoms with van der Waals surface area (Å²) in [5.41, 5.74) is 0.512. The average Bonchev–Trinajstić information content (AvgIpc) is 3.03. The third kappa shape index (κ3) is 4.26. The maximum atomic E-state index is 5.22. The van der Waals surface area contributed by atoms with Crippen LogP contribution in [0.2, 0.25) is 0 Å². The standard InChI is InChI=1S/C12H24N2OS/c1-10(2)12(5-6-12)9-14-11(16)13-7-4-8-15-3/h10H,4-9H2,1-3H3,(H2,13,14,16). The number of hydrogen-bond donors (Lipinski definition) is 2. The zero-order chi connectivity index (χ0) is 12.0. The third-order valence-corrected chi connectivity index (χ3v) is 3.82. The van der Waals surface area contributed by atoms with E-state index in [0.717, 1.165) is 37.1 Å². The summed E-state index contributed by atoms with van der Waals surface area (Å²) in [7, 11) is 1.72. The van der Waals surface area contributed by atoms with E-state index in [1.807, 2.05) is 0 Å². The van der Waals surface area contributed by atoms with E-state index in [1.165, 1.54) is 12.8 Å². The van der Waals surface area contributed by atoms with Gasteiger partial charge in [-0.1, -0.05) is 13.8 Å².